The van der Waals surface area contributed by atoms with Crippen LogP contribution in [0.5, 0.6) is 0 Å². The first-order valence-corrected chi connectivity index (χ1v) is 7.86. The number of likely N-dealkylation sites (tertiary alicyclic amines) is 1. The van der Waals surface area contributed by atoms with E-state index in [-0.39, 0.29) is 10.6 Å². The lowest BCUT2D eigenvalue weighted by Crippen LogP contribution is -2.38. The lowest BCUT2D eigenvalue weighted by atomic mass is 10.0. The topological polar surface area (TPSA) is 61.0 Å². The maximum atomic E-state index is 11.4. The summed E-state index contributed by atoms with van der Waals surface area (Å²) >= 11 is 5.99. The van der Waals surface area contributed by atoms with E-state index in [2.05, 4.69) is 44.7 Å². The van der Waals surface area contributed by atoms with Gasteiger partial charge in [0.05, 0.1) is 11.9 Å². The second-order valence-electron chi connectivity index (χ2n) is 5.61. The maximum absolute atomic E-state index is 11.4. The summed E-state index contributed by atoms with van der Waals surface area (Å²) in [4.78, 5) is 13.9. The van der Waals surface area contributed by atoms with Gasteiger partial charge in [-0.05, 0) is 18.4 Å². The quantitative estimate of drug-likeness (QED) is 0.909. The number of piperidine rings is 1. The molecule has 0 amide bonds. The molecule has 6 heteroatoms. The van der Waals surface area contributed by atoms with Crippen LogP contribution in [0.15, 0.2) is 41.3 Å². The Morgan fingerprint density at radius 2 is 2.00 bits per heavy atom. The summed E-state index contributed by atoms with van der Waals surface area (Å²) in [6.07, 6.45) is 3.62. The summed E-state index contributed by atoms with van der Waals surface area (Å²) in [5.41, 5.74) is 1.61. The van der Waals surface area contributed by atoms with Crippen molar-refractivity contribution in [1.82, 2.24) is 15.1 Å². The van der Waals surface area contributed by atoms with E-state index in [9.17, 15) is 4.79 Å². The molecule has 0 radical (unpaired) electrons. The van der Waals surface area contributed by atoms with E-state index in [1.807, 2.05) is 6.07 Å². The van der Waals surface area contributed by atoms with Gasteiger partial charge in [-0.2, -0.15) is 5.10 Å². The monoisotopic (exact) mass is 318 g/mol. The standard InChI is InChI=1S/C16H19ClN4O/c17-15-14(10-18-20-16(15)22)19-13-6-8-21(9-7-13)11-12-4-2-1-3-5-12/h1-5,10,13H,6-9,11H2,(H2,19,20,22). The average Bonchev–Trinajstić information content (AvgIpc) is 2.55. The molecule has 0 unspecified atom stereocenters. The predicted molar refractivity (Wildman–Crippen MR) is 88.2 cm³/mol. The fraction of sp³-hybridized carbons (Fsp3) is 0.375. The van der Waals surface area contributed by atoms with E-state index < -0.39 is 0 Å². The Balaban J connectivity index is 1.54. The van der Waals surface area contributed by atoms with Gasteiger partial charge in [0.2, 0.25) is 0 Å². The molecule has 1 aromatic carbocycles. The van der Waals surface area contributed by atoms with Gasteiger partial charge in [-0.3, -0.25) is 9.69 Å². The van der Waals surface area contributed by atoms with Crippen molar-refractivity contribution in [2.75, 3.05) is 18.4 Å². The maximum Gasteiger partial charge on any atom is 0.285 e. The van der Waals surface area contributed by atoms with Crippen LogP contribution >= 0.6 is 11.6 Å². The number of H-pyrrole nitrogens is 1. The van der Waals surface area contributed by atoms with E-state index in [1.54, 1.807) is 6.20 Å². The molecule has 2 N–H and O–H groups in total. The molecule has 1 saturated heterocycles. The van der Waals surface area contributed by atoms with Gasteiger partial charge in [-0.1, -0.05) is 41.9 Å². The number of benzene rings is 1. The van der Waals surface area contributed by atoms with Crippen LogP contribution in [0.1, 0.15) is 18.4 Å². The van der Waals surface area contributed by atoms with Gasteiger partial charge < -0.3 is 5.32 Å². The van der Waals surface area contributed by atoms with Gasteiger partial charge >= 0.3 is 0 Å². The normalized spacial score (nSPS) is 16.6. The fourth-order valence-corrected chi connectivity index (χ4v) is 2.93. The van der Waals surface area contributed by atoms with Gasteiger partial charge in [0.25, 0.3) is 5.56 Å². The lowest BCUT2D eigenvalue weighted by molar-refractivity contribution is 0.211. The van der Waals surface area contributed by atoms with Crippen LogP contribution in [0.2, 0.25) is 5.02 Å². The zero-order valence-electron chi connectivity index (χ0n) is 12.3. The molecule has 1 fully saturated rings. The number of nitrogens with zero attached hydrogens (tertiary/aromatic N) is 2. The van der Waals surface area contributed by atoms with Crippen LogP contribution in [-0.2, 0) is 6.54 Å². The third kappa shape index (κ3) is 3.67. The van der Waals surface area contributed by atoms with E-state index >= 15 is 0 Å². The molecule has 1 aliphatic rings. The molecule has 0 aliphatic carbocycles. The van der Waals surface area contributed by atoms with Crippen LogP contribution in [-0.4, -0.2) is 34.2 Å². The first-order chi connectivity index (χ1) is 10.7. The first kappa shape index (κ1) is 15.1. The van der Waals surface area contributed by atoms with Crippen LogP contribution in [0.3, 0.4) is 0 Å². The summed E-state index contributed by atoms with van der Waals surface area (Å²) in [5.74, 6) is 0. The lowest BCUT2D eigenvalue weighted by Gasteiger charge is -2.32. The minimum atomic E-state index is -0.354. The van der Waals surface area contributed by atoms with Crippen LogP contribution < -0.4 is 10.9 Å². The Labute approximate surface area is 134 Å². The number of nitrogens with one attached hydrogen (secondary N) is 2. The molecule has 0 saturated carbocycles. The summed E-state index contributed by atoms with van der Waals surface area (Å²) in [6, 6.07) is 10.8. The third-order valence-electron chi connectivity index (χ3n) is 3.99. The minimum Gasteiger partial charge on any atom is -0.380 e. The van der Waals surface area contributed by atoms with E-state index in [0.717, 1.165) is 32.5 Å². The molecular formula is C16H19ClN4O. The zero-order valence-corrected chi connectivity index (χ0v) is 13.0. The predicted octanol–water partition coefficient (Wildman–Crippen LogP) is 2.50. The summed E-state index contributed by atoms with van der Waals surface area (Å²) < 4.78 is 0. The Morgan fingerprint density at radius 3 is 2.73 bits per heavy atom. The Hall–Kier alpha value is -1.85. The molecule has 5 nitrogen and oxygen atoms in total. The molecule has 2 aromatic rings. The van der Waals surface area contributed by atoms with Crippen molar-refractivity contribution in [1.29, 1.82) is 0 Å². The van der Waals surface area contributed by atoms with E-state index in [4.69, 9.17) is 11.6 Å². The molecule has 22 heavy (non-hydrogen) atoms. The number of anilines is 1. The summed E-state index contributed by atoms with van der Waals surface area (Å²) in [6.45, 7) is 3.04. The molecule has 0 atom stereocenters. The van der Waals surface area contributed by atoms with Crippen molar-refractivity contribution in [3.63, 3.8) is 0 Å². The highest BCUT2D eigenvalue weighted by Gasteiger charge is 2.20. The number of halogens is 1. The highest BCUT2D eigenvalue weighted by Crippen LogP contribution is 2.21. The average molecular weight is 319 g/mol. The largest absolute Gasteiger partial charge is 0.380 e. The molecule has 116 valence electrons. The zero-order chi connectivity index (χ0) is 15.4. The highest BCUT2D eigenvalue weighted by atomic mass is 35.5. The first-order valence-electron chi connectivity index (χ1n) is 7.48. The van der Waals surface area contributed by atoms with Crippen molar-refractivity contribution in [3.8, 4) is 0 Å². The van der Waals surface area contributed by atoms with Gasteiger partial charge in [0, 0.05) is 25.7 Å². The van der Waals surface area contributed by atoms with Crippen molar-refractivity contribution >= 4 is 17.3 Å². The fourth-order valence-electron chi connectivity index (χ4n) is 2.78. The Bertz CT molecular complexity index is 665. The van der Waals surface area contributed by atoms with Crippen molar-refractivity contribution in [2.24, 2.45) is 0 Å². The number of rotatable bonds is 4. The van der Waals surface area contributed by atoms with Gasteiger partial charge in [0.15, 0.2) is 0 Å². The van der Waals surface area contributed by atoms with Crippen molar-refractivity contribution < 1.29 is 0 Å². The summed E-state index contributed by atoms with van der Waals surface area (Å²) in [7, 11) is 0. The molecule has 2 heterocycles. The second kappa shape index (κ2) is 6.94. The smallest absolute Gasteiger partial charge is 0.285 e. The van der Waals surface area contributed by atoms with Crippen LogP contribution in [0.25, 0.3) is 0 Å². The minimum absolute atomic E-state index is 0.182. The van der Waals surface area contributed by atoms with Gasteiger partial charge in [-0.25, -0.2) is 5.10 Å². The van der Waals surface area contributed by atoms with Crippen molar-refractivity contribution in [2.45, 2.75) is 25.4 Å². The molecular weight excluding hydrogens is 300 g/mol. The van der Waals surface area contributed by atoms with Crippen LogP contribution in [0, 0.1) is 0 Å². The SMILES string of the molecule is O=c1[nH]ncc(NC2CCN(Cc3ccccc3)CC2)c1Cl. The number of aromatic nitrogens is 2. The van der Waals surface area contributed by atoms with Crippen LogP contribution in [0.4, 0.5) is 5.69 Å². The Morgan fingerprint density at radius 1 is 1.27 bits per heavy atom. The molecule has 1 aliphatic heterocycles. The number of hydrogen-bond acceptors (Lipinski definition) is 4. The molecule has 1 aromatic heterocycles. The molecule has 3 rings (SSSR count). The molecule has 0 bridgehead atoms. The van der Waals surface area contributed by atoms with Gasteiger partial charge in [-0.15, -0.1) is 0 Å². The number of hydrogen-bond donors (Lipinski definition) is 2. The molecule has 0 spiro atoms. The van der Waals surface area contributed by atoms with Crippen molar-refractivity contribution in [3.05, 3.63) is 57.5 Å². The number of aromatic amines is 1. The summed E-state index contributed by atoms with van der Waals surface area (Å²) in [5, 5.41) is 9.63. The second-order valence-corrected chi connectivity index (χ2v) is 5.99. The third-order valence-corrected chi connectivity index (χ3v) is 4.37. The van der Waals surface area contributed by atoms with E-state index in [1.165, 1.54) is 5.56 Å². The van der Waals surface area contributed by atoms with E-state index in [0.29, 0.717) is 11.7 Å². The highest BCUT2D eigenvalue weighted by molar-refractivity contribution is 6.32. The van der Waals surface area contributed by atoms with Gasteiger partial charge in [0.1, 0.15) is 5.02 Å². The Kier molecular flexibility index (Phi) is 4.75.